The van der Waals surface area contributed by atoms with E-state index in [1.807, 2.05) is 66.7 Å². The van der Waals surface area contributed by atoms with Crippen molar-refractivity contribution in [3.05, 3.63) is 102 Å². The van der Waals surface area contributed by atoms with E-state index in [0.717, 1.165) is 22.4 Å². The van der Waals surface area contributed by atoms with Crippen molar-refractivity contribution >= 4 is 35.1 Å². The average Bonchev–Trinajstić information content (AvgIpc) is 2.90. The van der Waals surface area contributed by atoms with Gasteiger partial charge in [-0.1, -0.05) is 73.3 Å². The summed E-state index contributed by atoms with van der Waals surface area (Å²) in [6, 6.07) is 23.9. The lowest BCUT2D eigenvalue weighted by atomic mass is 10.0. The highest BCUT2D eigenvalue weighted by Gasteiger charge is 2.30. The molecule has 31 heavy (non-hydrogen) atoms. The number of carbonyl (C=O) groups is 2. The van der Waals surface area contributed by atoms with Crippen molar-refractivity contribution in [2.45, 2.75) is 6.17 Å². The Hall–Kier alpha value is -4.19. The molecule has 1 atom stereocenters. The van der Waals surface area contributed by atoms with Gasteiger partial charge in [0.15, 0.2) is 0 Å². The predicted molar refractivity (Wildman–Crippen MR) is 124 cm³/mol. The minimum atomic E-state index is -1.07. The second-order valence-corrected chi connectivity index (χ2v) is 7.09. The number of hydrogen-bond donors (Lipinski definition) is 2. The van der Waals surface area contributed by atoms with Crippen molar-refractivity contribution in [3.63, 3.8) is 0 Å². The molecule has 2 N–H and O–H groups in total. The number of nitrogens with zero attached hydrogens (tertiary/aromatic N) is 2. The monoisotopic (exact) mass is 410 g/mol. The van der Waals surface area contributed by atoms with Crippen LogP contribution in [-0.2, 0) is 4.79 Å². The van der Waals surface area contributed by atoms with Crippen molar-refractivity contribution < 1.29 is 9.59 Å². The first-order chi connectivity index (χ1) is 15.1. The molecule has 0 aromatic heterocycles. The van der Waals surface area contributed by atoms with E-state index in [0.29, 0.717) is 11.4 Å². The maximum atomic E-state index is 13.1. The molecule has 6 nitrogen and oxygen atoms in total. The molecule has 1 heterocycles. The van der Waals surface area contributed by atoms with Crippen LogP contribution < -0.4 is 15.5 Å². The van der Waals surface area contributed by atoms with E-state index in [1.165, 1.54) is 4.90 Å². The van der Waals surface area contributed by atoms with Gasteiger partial charge in [0.05, 0.1) is 11.4 Å². The molecule has 0 spiro atoms. The molecule has 3 amide bonds. The predicted octanol–water partition coefficient (Wildman–Crippen LogP) is 4.29. The zero-order chi connectivity index (χ0) is 21.8. The number of hydrogen-bond acceptors (Lipinski definition) is 3. The number of benzodiazepines with no additional fused rings is 1. The number of urea groups is 1. The summed E-state index contributed by atoms with van der Waals surface area (Å²) in [7, 11) is 1.69. The molecule has 3 aromatic carbocycles. The zero-order valence-electron chi connectivity index (χ0n) is 17.1. The average molecular weight is 410 g/mol. The summed E-state index contributed by atoms with van der Waals surface area (Å²) in [5, 5.41) is 5.46. The van der Waals surface area contributed by atoms with Crippen molar-refractivity contribution in [2.24, 2.45) is 4.99 Å². The number of fused-ring (bicyclic) bond motifs is 1. The van der Waals surface area contributed by atoms with Crippen LogP contribution >= 0.6 is 0 Å². The molecular formula is C25H22N4O2. The Morgan fingerprint density at radius 3 is 2.55 bits per heavy atom. The summed E-state index contributed by atoms with van der Waals surface area (Å²) >= 11 is 0. The highest BCUT2D eigenvalue weighted by atomic mass is 16.2. The fraction of sp³-hybridized carbons (Fsp3) is 0.0800. The third-order valence-electron chi connectivity index (χ3n) is 5.04. The first kappa shape index (κ1) is 20.1. The van der Waals surface area contributed by atoms with Gasteiger partial charge in [-0.25, -0.2) is 9.79 Å². The number of para-hydroxylation sites is 1. The molecular weight excluding hydrogens is 388 g/mol. The summed E-state index contributed by atoms with van der Waals surface area (Å²) in [5.74, 6) is -0.326. The van der Waals surface area contributed by atoms with Crippen LogP contribution in [-0.4, -0.2) is 30.9 Å². The van der Waals surface area contributed by atoms with Crippen LogP contribution in [0.4, 0.5) is 16.2 Å². The Bertz CT molecular complexity index is 1170. The van der Waals surface area contributed by atoms with Gasteiger partial charge >= 0.3 is 6.03 Å². The number of amides is 3. The zero-order valence-corrected chi connectivity index (χ0v) is 17.1. The molecule has 4 rings (SSSR count). The third kappa shape index (κ3) is 4.23. The largest absolute Gasteiger partial charge is 0.321 e. The van der Waals surface area contributed by atoms with Crippen LogP contribution in [0.5, 0.6) is 0 Å². The Morgan fingerprint density at radius 1 is 1.03 bits per heavy atom. The van der Waals surface area contributed by atoms with Crippen LogP contribution in [0.1, 0.15) is 16.7 Å². The molecule has 0 bridgehead atoms. The number of likely N-dealkylation sites (N-methyl/N-ethyl adjacent to an activating group) is 1. The van der Waals surface area contributed by atoms with Gasteiger partial charge in [-0.15, -0.1) is 0 Å². The van der Waals surface area contributed by atoms with E-state index in [2.05, 4.69) is 22.2 Å². The van der Waals surface area contributed by atoms with Crippen LogP contribution in [0.25, 0.3) is 6.08 Å². The van der Waals surface area contributed by atoms with E-state index in [1.54, 1.807) is 25.3 Å². The number of nitrogens with one attached hydrogen (secondary N) is 2. The molecule has 154 valence electrons. The molecule has 0 saturated carbocycles. The Labute approximate surface area is 180 Å². The lowest BCUT2D eigenvalue weighted by Gasteiger charge is -2.21. The standard InChI is InChI=1S/C25H22N4O2/c1-3-17-10-9-13-19(16-17)26-25(31)28-23-24(30)29(2)21-15-8-7-14-20(21)22(27-23)18-11-5-4-6-12-18/h3-16,23H,1H2,2H3,(H2,26,28,31)/t23-/m0/s1. The van der Waals surface area contributed by atoms with Gasteiger partial charge in [-0.05, 0) is 23.8 Å². The van der Waals surface area contributed by atoms with Gasteiger partial charge in [0.1, 0.15) is 0 Å². The number of carbonyl (C=O) groups excluding carboxylic acids is 2. The summed E-state index contributed by atoms with van der Waals surface area (Å²) in [6.45, 7) is 3.73. The maximum absolute atomic E-state index is 13.1. The van der Waals surface area contributed by atoms with Gasteiger partial charge in [0, 0.05) is 23.9 Å². The second-order valence-electron chi connectivity index (χ2n) is 7.09. The minimum Gasteiger partial charge on any atom is -0.311 e. The van der Waals surface area contributed by atoms with Crippen molar-refractivity contribution in [3.8, 4) is 0 Å². The molecule has 1 aliphatic heterocycles. The Kier molecular flexibility index (Phi) is 5.62. The summed E-state index contributed by atoms with van der Waals surface area (Å²) in [6.07, 6.45) is 0.621. The van der Waals surface area contributed by atoms with Crippen LogP contribution in [0, 0.1) is 0 Å². The maximum Gasteiger partial charge on any atom is 0.321 e. The lowest BCUT2D eigenvalue weighted by molar-refractivity contribution is -0.119. The normalized spacial score (nSPS) is 15.4. The molecule has 0 fully saturated rings. The molecule has 0 radical (unpaired) electrons. The summed E-state index contributed by atoms with van der Waals surface area (Å²) < 4.78 is 0. The molecule has 0 aliphatic carbocycles. The highest BCUT2D eigenvalue weighted by molar-refractivity contribution is 6.20. The first-order valence-corrected chi connectivity index (χ1v) is 9.87. The number of benzene rings is 3. The van der Waals surface area contributed by atoms with Gasteiger partial charge in [-0.2, -0.15) is 0 Å². The number of rotatable bonds is 4. The van der Waals surface area contributed by atoms with Crippen LogP contribution in [0.15, 0.2) is 90.4 Å². The Morgan fingerprint density at radius 2 is 1.77 bits per heavy atom. The van der Waals surface area contributed by atoms with Gasteiger partial charge in [-0.3, -0.25) is 4.79 Å². The van der Waals surface area contributed by atoms with Gasteiger partial charge in [0.25, 0.3) is 5.91 Å². The lowest BCUT2D eigenvalue weighted by Crippen LogP contribution is -2.47. The summed E-state index contributed by atoms with van der Waals surface area (Å²) in [4.78, 5) is 32.0. The second kappa shape index (κ2) is 8.67. The van der Waals surface area contributed by atoms with Crippen LogP contribution in [0.2, 0.25) is 0 Å². The van der Waals surface area contributed by atoms with E-state index in [9.17, 15) is 9.59 Å². The van der Waals surface area contributed by atoms with Crippen LogP contribution in [0.3, 0.4) is 0 Å². The van der Waals surface area contributed by atoms with Crippen molar-refractivity contribution in [1.82, 2.24) is 5.32 Å². The Balaban J connectivity index is 1.67. The topological polar surface area (TPSA) is 73.8 Å². The van der Waals surface area contributed by atoms with Crippen molar-refractivity contribution in [2.75, 3.05) is 17.3 Å². The fourth-order valence-electron chi connectivity index (χ4n) is 3.48. The first-order valence-electron chi connectivity index (χ1n) is 9.87. The SMILES string of the molecule is C=Cc1cccc(NC(=O)N[C@@H]2N=C(c3ccccc3)c3ccccc3N(C)C2=O)c1. The van der Waals surface area contributed by atoms with Crippen molar-refractivity contribution in [1.29, 1.82) is 0 Å². The molecule has 1 aliphatic rings. The third-order valence-corrected chi connectivity index (χ3v) is 5.04. The number of aliphatic imine (C=N–C) groups is 1. The highest BCUT2D eigenvalue weighted by Crippen LogP contribution is 2.27. The molecule has 3 aromatic rings. The summed E-state index contributed by atoms with van der Waals surface area (Å²) in [5.41, 5.74) is 4.55. The van der Waals surface area contributed by atoms with E-state index < -0.39 is 12.2 Å². The fourth-order valence-corrected chi connectivity index (χ4v) is 3.48. The quantitative estimate of drug-likeness (QED) is 0.673. The molecule has 6 heteroatoms. The van der Waals surface area contributed by atoms with E-state index in [4.69, 9.17) is 0 Å². The van der Waals surface area contributed by atoms with E-state index >= 15 is 0 Å². The molecule has 0 unspecified atom stereocenters. The van der Waals surface area contributed by atoms with E-state index in [-0.39, 0.29) is 5.91 Å². The smallest absolute Gasteiger partial charge is 0.311 e. The van der Waals surface area contributed by atoms with Gasteiger partial charge < -0.3 is 15.5 Å². The molecule has 0 saturated heterocycles. The number of anilines is 2. The van der Waals surface area contributed by atoms with Gasteiger partial charge in [0.2, 0.25) is 6.17 Å². The minimum absolute atomic E-state index is 0.326.